The molecule has 0 amide bonds. The van der Waals surface area contributed by atoms with Crippen molar-refractivity contribution in [3.05, 3.63) is 12.2 Å². The van der Waals surface area contributed by atoms with Crippen molar-refractivity contribution in [2.24, 2.45) is 5.92 Å². The number of hydrogen-bond donors (Lipinski definition) is 1. The summed E-state index contributed by atoms with van der Waals surface area (Å²) in [5.41, 5.74) is 0. The SMILES string of the molecule is CCCC/C=C/CCCCCCCCCCCCCCCCCCC(CC(=O)O)C(=O)OCCC. The van der Waals surface area contributed by atoms with Gasteiger partial charge in [-0.2, -0.15) is 0 Å². The number of aliphatic carboxylic acids is 1. The van der Waals surface area contributed by atoms with Gasteiger partial charge >= 0.3 is 11.9 Å². The van der Waals surface area contributed by atoms with Crippen molar-refractivity contribution in [3.63, 3.8) is 0 Å². The summed E-state index contributed by atoms with van der Waals surface area (Å²) < 4.78 is 5.15. The maximum absolute atomic E-state index is 12.0. The highest BCUT2D eigenvalue weighted by Gasteiger charge is 2.22. The summed E-state index contributed by atoms with van der Waals surface area (Å²) in [7, 11) is 0. The number of carboxylic acids is 1. The second-order valence-corrected chi connectivity index (χ2v) is 10.3. The molecule has 1 atom stereocenters. The second kappa shape index (κ2) is 27.3. The number of carboxylic acid groups (broad SMARTS) is 1. The fourth-order valence-corrected chi connectivity index (χ4v) is 4.52. The minimum atomic E-state index is -0.917. The van der Waals surface area contributed by atoms with Crippen LogP contribution in [0.1, 0.15) is 162 Å². The molecular formula is C31H58O4. The maximum Gasteiger partial charge on any atom is 0.309 e. The van der Waals surface area contributed by atoms with Gasteiger partial charge in [0.05, 0.1) is 18.9 Å². The van der Waals surface area contributed by atoms with E-state index in [9.17, 15) is 9.59 Å². The lowest BCUT2D eigenvalue weighted by Gasteiger charge is -2.13. The zero-order chi connectivity index (χ0) is 25.8. The van der Waals surface area contributed by atoms with Crippen LogP contribution in [-0.2, 0) is 14.3 Å². The van der Waals surface area contributed by atoms with Gasteiger partial charge in [-0.05, 0) is 32.1 Å². The minimum Gasteiger partial charge on any atom is -0.481 e. The van der Waals surface area contributed by atoms with Gasteiger partial charge < -0.3 is 9.84 Å². The van der Waals surface area contributed by atoms with Gasteiger partial charge in [0.25, 0.3) is 0 Å². The number of carbonyl (C=O) groups excluding carboxylic acids is 1. The van der Waals surface area contributed by atoms with Crippen molar-refractivity contribution >= 4 is 11.9 Å². The van der Waals surface area contributed by atoms with Gasteiger partial charge in [-0.25, -0.2) is 0 Å². The number of ether oxygens (including phenoxy) is 1. The zero-order valence-electron chi connectivity index (χ0n) is 23.4. The van der Waals surface area contributed by atoms with Crippen molar-refractivity contribution in [3.8, 4) is 0 Å². The summed E-state index contributed by atoms with van der Waals surface area (Å²) in [6, 6.07) is 0. The highest BCUT2D eigenvalue weighted by atomic mass is 16.5. The van der Waals surface area contributed by atoms with Crippen LogP contribution in [0.3, 0.4) is 0 Å². The van der Waals surface area contributed by atoms with Crippen molar-refractivity contribution in [1.82, 2.24) is 0 Å². The van der Waals surface area contributed by atoms with E-state index in [0.717, 1.165) is 19.3 Å². The van der Waals surface area contributed by atoms with Crippen LogP contribution in [-0.4, -0.2) is 23.7 Å². The molecule has 0 saturated carbocycles. The van der Waals surface area contributed by atoms with Crippen LogP contribution in [0.4, 0.5) is 0 Å². The van der Waals surface area contributed by atoms with Crippen molar-refractivity contribution in [2.75, 3.05) is 6.61 Å². The van der Waals surface area contributed by atoms with Crippen LogP contribution in [0.15, 0.2) is 12.2 Å². The molecule has 0 aliphatic heterocycles. The molecule has 35 heavy (non-hydrogen) atoms. The lowest BCUT2D eigenvalue weighted by Crippen LogP contribution is -2.21. The molecule has 0 saturated heterocycles. The van der Waals surface area contributed by atoms with Crippen LogP contribution in [0.25, 0.3) is 0 Å². The summed E-state index contributed by atoms with van der Waals surface area (Å²) in [6.07, 6.45) is 32.2. The number of carbonyl (C=O) groups is 2. The number of hydrogen-bond acceptors (Lipinski definition) is 3. The van der Waals surface area contributed by atoms with E-state index in [1.807, 2.05) is 6.92 Å². The monoisotopic (exact) mass is 494 g/mol. The number of rotatable bonds is 27. The molecule has 0 aliphatic rings. The number of allylic oxidation sites excluding steroid dienone is 2. The van der Waals surface area contributed by atoms with Gasteiger partial charge in [0.15, 0.2) is 0 Å². The Bertz CT molecular complexity index is 500. The Morgan fingerprint density at radius 3 is 1.49 bits per heavy atom. The normalized spacial score (nSPS) is 12.3. The number of esters is 1. The van der Waals surface area contributed by atoms with Crippen LogP contribution >= 0.6 is 0 Å². The summed E-state index contributed by atoms with van der Waals surface area (Å²) >= 11 is 0. The predicted octanol–water partition coefficient (Wildman–Crippen LogP) is 9.80. The molecule has 0 aromatic heterocycles. The second-order valence-electron chi connectivity index (χ2n) is 10.3. The first kappa shape index (κ1) is 33.7. The molecule has 206 valence electrons. The van der Waals surface area contributed by atoms with E-state index >= 15 is 0 Å². The fourth-order valence-electron chi connectivity index (χ4n) is 4.52. The molecule has 4 nitrogen and oxygen atoms in total. The smallest absolute Gasteiger partial charge is 0.309 e. The van der Waals surface area contributed by atoms with Gasteiger partial charge in [-0.1, -0.05) is 135 Å². The van der Waals surface area contributed by atoms with E-state index in [4.69, 9.17) is 9.84 Å². The van der Waals surface area contributed by atoms with Crippen LogP contribution < -0.4 is 0 Å². The first-order valence-electron chi connectivity index (χ1n) is 15.1. The molecule has 0 bridgehead atoms. The average molecular weight is 495 g/mol. The van der Waals surface area contributed by atoms with E-state index in [2.05, 4.69) is 19.1 Å². The van der Waals surface area contributed by atoms with Crippen LogP contribution in [0, 0.1) is 5.92 Å². The Balaban J connectivity index is 3.38. The Hall–Kier alpha value is -1.32. The molecule has 1 N–H and O–H groups in total. The largest absolute Gasteiger partial charge is 0.481 e. The Labute approximate surface area is 217 Å². The van der Waals surface area contributed by atoms with Crippen molar-refractivity contribution in [2.45, 2.75) is 162 Å². The summed E-state index contributed by atoms with van der Waals surface area (Å²) in [4.78, 5) is 23.0. The summed E-state index contributed by atoms with van der Waals surface area (Å²) in [5, 5.41) is 9.03. The molecule has 0 aromatic rings. The third kappa shape index (κ3) is 25.6. The highest BCUT2D eigenvalue weighted by Crippen LogP contribution is 2.18. The first-order chi connectivity index (χ1) is 17.1. The quantitative estimate of drug-likeness (QED) is 0.0701. The lowest BCUT2D eigenvalue weighted by molar-refractivity contribution is -0.153. The third-order valence-corrected chi connectivity index (χ3v) is 6.77. The standard InChI is InChI=1S/C31H58O4/c1-3-5-6-7-8-9-10-11-12-13-14-15-16-17-18-19-20-21-22-23-24-25-26-29(28-30(32)33)31(34)35-27-4-2/h7-8,29H,3-6,9-28H2,1-2H3,(H,32,33)/b8-7+. The van der Waals surface area contributed by atoms with Gasteiger partial charge in [-0.15, -0.1) is 0 Å². The van der Waals surface area contributed by atoms with Crippen LogP contribution in [0.2, 0.25) is 0 Å². The minimum absolute atomic E-state index is 0.111. The topological polar surface area (TPSA) is 63.6 Å². The number of unbranched alkanes of at least 4 members (excludes halogenated alkanes) is 18. The third-order valence-electron chi connectivity index (χ3n) is 6.77. The maximum atomic E-state index is 12.0. The molecule has 0 fully saturated rings. The summed E-state index contributed by atoms with van der Waals surface area (Å²) in [5.74, 6) is -1.74. The van der Waals surface area contributed by atoms with Crippen LogP contribution in [0.5, 0.6) is 0 Å². The van der Waals surface area contributed by atoms with E-state index in [0.29, 0.717) is 13.0 Å². The van der Waals surface area contributed by atoms with E-state index < -0.39 is 11.9 Å². The van der Waals surface area contributed by atoms with E-state index in [1.165, 1.54) is 116 Å². The predicted molar refractivity (Wildman–Crippen MR) is 149 cm³/mol. The lowest BCUT2D eigenvalue weighted by atomic mass is 9.97. The van der Waals surface area contributed by atoms with Crippen molar-refractivity contribution < 1.29 is 19.4 Å². The molecule has 1 unspecified atom stereocenters. The zero-order valence-corrected chi connectivity index (χ0v) is 23.4. The Morgan fingerprint density at radius 2 is 1.06 bits per heavy atom. The van der Waals surface area contributed by atoms with Gasteiger partial charge in [0.2, 0.25) is 0 Å². The van der Waals surface area contributed by atoms with E-state index in [-0.39, 0.29) is 12.4 Å². The molecular weight excluding hydrogens is 436 g/mol. The van der Waals surface area contributed by atoms with Gasteiger partial charge in [0, 0.05) is 0 Å². The molecule has 4 heteroatoms. The van der Waals surface area contributed by atoms with Gasteiger partial charge in [-0.3, -0.25) is 9.59 Å². The van der Waals surface area contributed by atoms with Gasteiger partial charge in [0.1, 0.15) is 0 Å². The average Bonchev–Trinajstić information content (AvgIpc) is 2.84. The molecule has 0 spiro atoms. The Kier molecular flexibility index (Phi) is 26.2. The molecule has 0 aliphatic carbocycles. The van der Waals surface area contributed by atoms with Crippen molar-refractivity contribution in [1.29, 1.82) is 0 Å². The first-order valence-corrected chi connectivity index (χ1v) is 15.1. The highest BCUT2D eigenvalue weighted by molar-refractivity contribution is 5.79. The molecule has 0 aromatic carbocycles. The molecule has 0 rings (SSSR count). The molecule has 0 heterocycles. The van der Waals surface area contributed by atoms with E-state index in [1.54, 1.807) is 0 Å². The molecule has 0 radical (unpaired) electrons. The Morgan fingerprint density at radius 1 is 0.629 bits per heavy atom. The fraction of sp³-hybridized carbons (Fsp3) is 0.871. The summed E-state index contributed by atoms with van der Waals surface area (Å²) in [6.45, 7) is 4.58.